The Balaban J connectivity index is 1.59. The number of aromatic amines is 1. The molecule has 1 aromatic heterocycles. The van der Waals surface area contributed by atoms with Crippen LogP contribution in [0.1, 0.15) is 20.7 Å². The van der Waals surface area contributed by atoms with Gasteiger partial charge in [-0.25, -0.2) is 14.2 Å². The van der Waals surface area contributed by atoms with Gasteiger partial charge in [-0.2, -0.15) is 9.98 Å². The van der Waals surface area contributed by atoms with E-state index in [0.29, 0.717) is 11.0 Å². The largest absolute Gasteiger partial charge is 0.480 e. The van der Waals surface area contributed by atoms with Crippen molar-refractivity contribution >= 4 is 67.7 Å². The molecule has 20 heteroatoms. The van der Waals surface area contributed by atoms with Crippen molar-refractivity contribution in [2.45, 2.75) is 12.1 Å². The number of carbonyl (C=O) groups is 4. The van der Waals surface area contributed by atoms with Crippen LogP contribution in [0, 0.1) is 0 Å². The number of rotatable bonds is 12. The lowest BCUT2D eigenvalue weighted by Crippen LogP contribution is -2.44. The third-order valence-corrected chi connectivity index (χ3v) is 8.46. The standard InChI is InChI=1S/C24H26N6O12P2/c1-30(2)11-25-19-13(21(32)27-16(22(33)34)9-43(37,38)39)7-12(8-18(19)30)20(31)26-17(23(35)36)10-44(40,41)42-24-28-14-5-3-4-6-15(14)29-24/h3-8,11,16-17H,9-10H2,1-2H3,(H7-,26,27,28,29,31,32,33,34,35,36,37,38,39,40,41)/p+1. The van der Waals surface area contributed by atoms with Crippen LogP contribution in [0.2, 0.25) is 0 Å². The number of para-hydroxylation sites is 2. The predicted octanol–water partition coefficient (Wildman–Crippen LogP) is 0.611. The van der Waals surface area contributed by atoms with Gasteiger partial charge in [0.05, 0.1) is 43.0 Å². The molecular weight excluding hydrogens is 626 g/mol. The first-order valence-corrected chi connectivity index (χ1v) is 16.1. The molecule has 234 valence electrons. The number of aliphatic carboxylic acids is 2. The lowest BCUT2D eigenvalue weighted by molar-refractivity contribution is -0.139. The summed E-state index contributed by atoms with van der Waals surface area (Å²) >= 11 is 0. The summed E-state index contributed by atoms with van der Waals surface area (Å²) in [6.07, 6.45) is -0.888. The van der Waals surface area contributed by atoms with Crippen LogP contribution in [0.15, 0.2) is 41.4 Å². The summed E-state index contributed by atoms with van der Waals surface area (Å²) in [6.45, 7) is 0. The average molecular weight is 653 g/mol. The Bertz CT molecular complexity index is 1770. The topological polar surface area (TPSA) is 278 Å². The molecule has 18 nitrogen and oxygen atoms in total. The van der Waals surface area contributed by atoms with Gasteiger partial charge in [0.15, 0.2) is 12.0 Å². The molecule has 0 bridgehead atoms. The maximum atomic E-state index is 13.2. The van der Waals surface area contributed by atoms with Crippen LogP contribution < -0.4 is 19.6 Å². The summed E-state index contributed by atoms with van der Waals surface area (Å²) in [6, 6.07) is 4.58. The van der Waals surface area contributed by atoms with Crippen LogP contribution in [0.3, 0.4) is 0 Å². The Kier molecular flexibility index (Phi) is 8.80. The Hall–Kier alpha value is -4.44. The molecule has 3 aromatic rings. The smallest absolute Gasteiger partial charge is 0.381 e. The highest BCUT2D eigenvalue weighted by atomic mass is 31.2. The first-order chi connectivity index (χ1) is 20.3. The van der Waals surface area contributed by atoms with Gasteiger partial charge in [0.2, 0.25) is 0 Å². The maximum absolute atomic E-state index is 13.2. The average Bonchev–Trinajstić information content (AvgIpc) is 3.44. The third kappa shape index (κ3) is 7.55. The number of benzene rings is 2. The SMILES string of the molecule is C[N+]1(C)C=Nc2c(C(=O)NC(CP(=O)(O)O)C(=O)O)cc(C(=O)NC(CP(=O)(O)Oc3nc4ccccc4[nH]3)C(=O)O)cc21. The highest BCUT2D eigenvalue weighted by Gasteiger charge is 2.37. The van der Waals surface area contributed by atoms with Gasteiger partial charge in [-0.15, -0.1) is 0 Å². The highest BCUT2D eigenvalue weighted by molar-refractivity contribution is 7.53. The van der Waals surface area contributed by atoms with Crippen LogP contribution >= 0.6 is 15.2 Å². The number of nitrogens with one attached hydrogen (secondary N) is 3. The number of hydrogen-bond acceptors (Lipinski definition) is 9. The molecule has 0 spiro atoms. The number of hydrogen-bond donors (Lipinski definition) is 8. The minimum absolute atomic E-state index is 0.0262. The predicted molar refractivity (Wildman–Crippen MR) is 154 cm³/mol. The van der Waals surface area contributed by atoms with E-state index in [-0.39, 0.29) is 33.0 Å². The summed E-state index contributed by atoms with van der Waals surface area (Å²) in [5.41, 5.74) is 0.547. The van der Waals surface area contributed by atoms with Gasteiger partial charge in [-0.3, -0.25) is 18.6 Å². The zero-order valence-corrected chi connectivity index (χ0v) is 24.7. The van der Waals surface area contributed by atoms with E-state index in [1.807, 2.05) is 5.32 Å². The Labute approximate surface area is 247 Å². The van der Waals surface area contributed by atoms with Gasteiger partial charge in [-0.1, -0.05) is 12.1 Å². The molecule has 0 radical (unpaired) electrons. The molecule has 2 aromatic carbocycles. The molecular formula is C24H27N6O12P2+. The fourth-order valence-corrected chi connectivity index (χ4v) is 6.09. The monoisotopic (exact) mass is 653 g/mol. The van der Waals surface area contributed by atoms with Gasteiger partial charge < -0.3 is 45.0 Å². The van der Waals surface area contributed by atoms with Gasteiger partial charge in [0, 0.05) is 11.6 Å². The molecule has 1 aliphatic rings. The number of amides is 2. The number of aliphatic imine (C=N–C) groups is 1. The summed E-state index contributed by atoms with van der Waals surface area (Å²) < 4.78 is 29.1. The van der Waals surface area contributed by atoms with Crippen molar-refractivity contribution in [1.29, 1.82) is 0 Å². The normalized spacial score (nSPS) is 16.4. The molecule has 0 aliphatic carbocycles. The van der Waals surface area contributed by atoms with Crippen LogP contribution in [0.5, 0.6) is 6.01 Å². The van der Waals surface area contributed by atoms with Gasteiger partial charge in [-0.05, 0) is 18.2 Å². The number of carboxylic acids is 2. The van der Waals surface area contributed by atoms with Crippen LogP contribution in [0.4, 0.5) is 11.4 Å². The Morgan fingerprint density at radius 2 is 1.57 bits per heavy atom. The molecule has 3 unspecified atom stereocenters. The third-order valence-electron chi connectivity index (χ3n) is 6.33. The number of carboxylic acid groups (broad SMARTS) is 2. The highest BCUT2D eigenvalue weighted by Crippen LogP contribution is 2.43. The van der Waals surface area contributed by atoms with Crippen molar-refractivity contribution < 1.29 is 57.7 Å². The van der Waals surface area contributed by atoms with Crippen molar-refractivity contribution in [1.82, 2.24) is 25.1 Å². The van der Waals surface area contributed by atoms with Crippen LogP contribution in [0.25, 0.3) is 11.0 Å². The zero-order chi connectivity index (χ0) is 32.6. The number of fused-ring (bicyclic) bond motifs is 2. The number of aromatic nitrogens is 2. The summed E-state index contributed by atoms with van der Waals surface area (Å²) in [4.78, 5) is 89.5. The molecule has 2 amide bonds. The number of carbonyl (C=O) groups excluding carboxylic acids is 2. The first-order valence-electron chi connectivity index (χ1n) is 12.5. The summed E-state index contributed by atoms with van der Waals surface area (Å²) in [5, 5.41) is 23.2. The fraction of sp³-hybridized carbons (Fsp3) is 0.250. The van der Waals surface area contributed by atoms with Crippen molar-refractivity contribution in [3.63, 3.8) is 0 Å². The molecule has 44 heavy (non-hydrogen) atoms. The first kappa shape index (κ1) is 32.5. The van der Waals surface area contributed by atoms with E-state index >= 15 is 0 Å². The molecule has 2 heterocycles. The van der Waals surface area contributed by atoms with E-state index in [9.17, 15) is 53.2 Å². The van der Waals surface area contributed by atoms with Gasteiger partial charge in [0.25, 0.3) is 11.8 Å². The zero-order valence-electron chi connectivity index (χ0n) is 22.9. The second-order valence-electron chi connectivity index (χ2n) is 10.2. The summed E-state index contributed by atoms with van der Waals surface area (Å²) in [7, 11) is -6.33. The Morgan fingerprint density at radius 3 is 2.18 bits per heavy atom. The second kappa shape index (κ2) is 11.9. The molecule has 0 saturated heterocycles. The van der Waals surface area contributed by atoms with Crippen LogP contribution in [-0.2, 0) is 18.7 Å². The van der Waals surface area contributed by atoms with Crippen molar-refractivity contribution in [2.75, 3.05) is 26.4 Å². The van der Waals surface area contributed by atoms with Crippen molar-refractivity contribution in [2.24, 2.45) is 4.99 Å². The number of quaternary nitrogens is 1. The molecule has 0 fully saturated rings. The van der Waals surface area contributed by atoms with Gasteiger partial charge in [0.1, 0.15) is 17.8 Å². The fourth-order valence-electron chi connectivity index (χ4n) is 4.22. The van der Waals surface area contributed by atoms with Crippen molar-refractivity contribution in [3.8, 4) is 6.01 Å². The second-order valence-corrected chi connectivity index (χ2v) is 13.7. The quantitative estimate of drug-likeness (QED) is 0.0984. The van der Waals surface area contributed by atoms with E-state index in [1.165, 1.54) is 12.4 Å². The molecule has 1 aliphatic heterocycles. The lowest BCUT2D eigenvalue weighted by Gasteiger charge is -2.22. The van der Waals surface area contributed by atoms with E-state index in [1.54, 1.807) is 38.4 Å². The van der Waals surface area contributed by atoms with E-state index in [2.05, 4.69) is 20.3 Å². The van der Waals surface area contributed by atoms with E-state index < -0.39 is 63.4 Å². The van der Waals surface area contributed by atoms with Crippen molar-refractivity contribution in [3.05, 3.63) is 47.5 Å². The van der Waals surface area contributed by atoms with Gasteiger partial charge >= 0.3 is 33.1 Å². The molecule has 8 N–H and O–H groups in total. The van der Waals surface area contributed by atoms with E-state index in [0.717, 1.165) is 6.07 Å². The minimum Gasteiger partial charge on any atom is -0.480 e. The lowest BCUT2D eigenvalue weighted by atomic mass is 10.0. The molecule has 0 saturated carbocycles. The van der Waals surface area contributed by atoms with E-state index in [4.69, 9.17) is 4.52 Å². The summed E-state index contributed by atoms with van der Waals surface area (Å²) in [5.74, 6) is -5.63. The number of H-pyrrole nitrogens is 1. The number of imidazole rings is 1. The maximum Gasteiger partial charge on any atom is 0.381 e. The number of nitrogens with zero attached hydrogens (tertiary/aromatic N) is 3. The Morgan fingerprint density at radius 1 is 0.955 bits per heavy atom. The molecule has 4 rings (SSSR count). The minimum atomic E-state index is -4.87. The van der Waals surface area contributed by atoms with Crippen LogP contribution in [-0.4, -0.2) is 103 Å². The molecule has 3 atom stereocenters.